The molecule has 0 amide bonds. The van der Waals surface area contributed by atoms with Crippen LogP contribution in [0.4, 0.5) is 15.8 Å². The van der Waals surface area contributed by atoms with Crippen molar-refractivity contribution >= 4 is 71.6 Å². The van der Waals surface area contributed by atoms with Crippen molar-refractivity contribution in [3.63, 3.8) is 0 Å². The Morgan fingerprint density at radius 1 is 0.472 bits per heavy atom. The Hall–Kier alpha value is -7.04. The van der Waals surface area contributed by atoms with Gasteiger partial charge in [-0.2, -0.15) is 4.39 Å². The molecule has 1 heterocycles. The maximum atomic E-state index is 16.4. The fourth-order valence-electron chi connectivity index (χ4n) is 7.73. The molecule has 0 saturated heterocycles. The zero-order chi connectivity index (χ0) is 35.5. The zero-order valence-electron chi connectivity index (χ0n) is 28.6. The van der Waals surface area contributed by atoms with E-state index >= 15 is 4.39 Å². The minimum Gasteiger partial charge on any atom is -0.455 e. The second kappa shape index (κ2) is 12.3. The number of aliphatic imine (C=N–C) groups is 1. The molecule has 1 aromatic heterocycles. The van der Waals surface area contributed by atoms with E-state index in [1.165, 1.54) is 0 Å². The monoisotopic (exact) mass is 682 g/mol. The van der Waals surface area contributed by atoms with Gasteiger partial charge in [-0.05, 0) is 85.8 Å². The van der Waals surface area contributed by atoms with E-state index < -0.39 is 5.97 Å². The van der Waals surface area contributed by atoms with E-state index in [-0.39, 0.29) is 0 Å². The number of nitrogens with zero attached hydrogens (tertiary/aromatic N) is 1. The highest BCUT2D eigenvalue weighted by Gasteiger charge is 2.18. The Balaban J connectivity index is 1.11. The number of benzene rings is 9. The van der Waals surface area contributed by atoms with Crippen LogP contribution in [-0.2, 0) is 0 Å². The summed E-state index contributed by atoms with van der Waals surface area (Å²) in [6.45, 7) is 0. The highest BCUT2D eigenvalue weighted by molar-refractivity contribution is 6.23. The lowest BCUT2D eigenvalue weighted by atomic mass is 9.92. The first-order valence-corrected chi connectivity index (χ1v) is 17.7. The largest absolute Gasteiger partial charge is 0.455 e. The van der Waals surface area contributed by atoms with Gasteiger partial charge in [-0.3, -0.25) is 0 Å². The van der Waals surface area contributed by atoms with Crippen LogP contribution < -0.4 is 5.73 Å². The van der Waals surface area contributed by atoms with Crippen LogP contribution in [0.1, 0.15) is 5.56 Å². The maximum Gasteiger partial charge on any atom is 0.220 e. The molecule has 0 bridgehead atoms. The summed E-state index contributed by atoms with van der Waals surface area (Å²) < 4.78 is 22.8. The van der Waals surface area contributed by atoms with E-state index in [0.29, 0.717) is 16.9 Å². The van der Waals surface area contributed by atoms with E-state index in [9.17, 15) is 0 Å². The highest BCUT2D eigenvalue weighted by atomic mass is 19.1. The maximum absolute atomic E-state index is 16.4. The second-order valence-corrected chi connectivity index (χ2v) is 13.4. The number of para-hydroxylation sites is 1. The average molecular weight is 683 g/mol. The van der Waals surface area contributed by atoms with Crippen molar-refractivity contribution in [1.29, 1.82) is 0 Å². The van der Waals surface area contributed by atoms with Gasteiger partial charge in [0.2, 0.25) is 5.97 Å². The predicted molar refractivity (Wildman–Crippen MR) is 221 cm³/mol. The van der Waals surface area contributed by atoms with E-state index in [4.69, 9.17) is 10.2 Å². The molecule has 10 rings (SSSR count). The molecule has 53 heavy (non-hydrogen) atoms. The number of hydrogen-bond acceptors (Lipinski definition) is 3. The SMILES string of the molecule is Nc1c(N=C(F)c2ccc(-c3cc4ccccc4c4c3oc3ccccc34)cc2)c2ccc(-c3ccccc3)cc2c2cc(-c3ccccc3)ccc12. The Kier molecular flexibility index (Phi) is 7.15. The molecule has 0 unspecified atom stereocenters. The zero-order valence-corrected chi connectivity index (χ0v) is 28.6. The molecule has 2 N–H and O–H groups in total. The summed E-state index contributed by atoms with van der Waals surface area (Å²) in [5.41, 5.74) is 16.0. The quantitative estimate of drug-likeness (QED) is 0.112. The van der Waals surface area contributed by atoms with Gasteiger partial charge in [0, 0.05) is 32.7 Å². The van der Waals surface area contributed by atoms with Crippen molar-refractivity contribution in [3.8, 4) is 33.4 Å². The van der Waals surface area contributed by atoms with Gasteiger partial charge in [-0.15, -0.1) is 0 Å². The Morgan fingerprint density at radius 3 is 1.74 bits per heavy atom. The van der Waals surface area contributed by atoms with E-state index in [2.05, 4.69) is 83.9 Å². The molecule has 250 valence electrons. The van der Waals surface area contributed by atoms with Gasteiger partial charge in [0.25, 0.3) is 0 Å². The lowest BCUT2D eigenvalue weighted by molar-refractivity contribution is 0.670. The van der Waals surface area contributed by atoms with Crippen LogP contribution in [0, 0.1) is 0 Å². The fraction of sp³-hybridized carbons (Fsp3) is 0. The number of nitrogen functional groups attached to an aromatic ring is 1. The number of furan rings is 1. The van der Waals surface area contributed by atoms with Crippen molar-refractivity contribution < 1.29 is 8.81 Å². The molecule has 10 aromatic rings. The molecule has 0 spiro atoms. The second-order valence-electron chi connectivity index (χ2n) is 13.4. The minimum atomic E-state index is -0.607. The number of rotatable bonds is 5. The number of halogens is 1. The van der Waals surface area contributed by atoms with Gasteiger partial charge in [0.05, 0.1) is 11.4 Å². The lowest BCUT2D eigenvalue weighted by Crippen LogP contribution is -1.96. The number of hydrogen-bond donors (Lipinski definition) is 1. The molecule has 0 aliphatic rings. The summed E-state index contributed by atoms with van der Waals surface area (Å²) in [6.07, 6.45) is 0. The van der Waals surface area contributed by atoms with Crippen LogP contribution >= 0.6 is 0 Å². The van der Waals surface area contributed by atoms with E-state index in [1.54, 1.807) is 12.1 Å². The molecule has 0 fully saturated rings. The molecule has 3 nitrogen and oxygen atoms in total. The van der Waals surface area contributed by atoms with Crippen LogP contribution in [0.5, 0.6) is 0 Å². The molecule has 0 aliphatic heterocycles. The third-order valence-electron chi connectivity index (χ3n) is 10.4. The molecule has 0 atom stereocenters. The van der Waals surface area contributed by atoms with Crippen LogP contribution in [-0.4, -0.2) is 5.97 Å². The molecular weight excluding hydrogens is 652 g/mol. The summed E-state index contributed by atoms with van der Waals surface area (Å²) in [7, 11) is 0. The van der Waals surface area contributed by atoms with Crippen LogP contribution in [0.2, 0.25) is 0 Å². The highest BCUT2D eigenvalue weighted by Crippen LogP contribution is 2.44. The lowest BCUT2D eigenvalue weighted by Gasteiger charge is -2.15. The Morgan fingerprint density at radius 2 is 1.04 bits per heavy atom. The van der Waals surface area contributed by atoms with Gasteiger partial charge >= 0.3 is 0 Å². The topological polar surface area (TPSA) is 51.5 Å². The molecule has 9 aromatic carbocycles. The van der Waals surface area contributed by atoms with E-state index in [0.717, 1.165) is 87.6 Å². The van der Waals surface area contributed by atoms with Crippen molar-refractivity contribution in [2.45, 2.75) is 0 Å². The first-order chi connectivity index (χ1) is 26.1. The minimum absolute atomic E-state index is 0.364. The molecule has 0 saturated carbocycles. The van der Waals surface area contributed by atoms with Gasteiger partial charge < -0.3 is 10.2 Å². The Bertz CT molecular complexity index is 3060. The van der Waals surface area contributed by atoms with Crippen molar-refractivity contribution in [2.75, 3.05) is 5.73 Å². The predicted octanol–water partition coefficient (Wildman–Crippen LogP) is 13.7. The smallest absolute Gasteiger partial charge is 0.220 e. The van der Waals surface area contributed by atoms with Gasteiger partial charge in [-0.25, -0.2) is 4.99 Å². The third kappa shape index (κ3) is 5.15. The van der Waals surface area contributed by atoms with Crippen LogP contribution in [0.3, 0.4) is 0 Å². The van der Waals surface area contributed by atoms with Crippen LogP contribution in [0.15, 0.2) is 185 Å². The normalized spacial score (nSPS) is 12.1. The molecular formula is C49H31FN2O. The Labute approximate surface area is 305 Å². The number of nitrogens with two attached hydrogens (primary N) is 1. The van der Waals surface area contributed by atoms with Crippen LogP contribution in [0.25, 0.3) is 87.6 Å². The summed E-state index contributed by atoms with van der Waals surface area (Å²) in [4.78, 5) is 4.62. The van der Waals surface area contributed by atoms with Crippen molar-refractivity contribution in [2.24, 2.45) is 4.99 Å². The van der Waals surface area contributed by atoms with Crippen molar-refractivity contribution in [3.05, 3.63) is 181 Å². The standard InChI is InChI=1S/C49H31FN2O/c50-49(33-21-19-32(20-22-33)41-29-36-15-7-8-16-37(36)45-40-17-9-10-18-44(40)53-48(41)45)52-47-39-26-24-35(31-13-5-2-6-14-31)28-43(39)42-27-34(23-25-38(42)46(47)51)30-11-3-1-4-12-30/h1-29H,51H2. The summed E-state index contributed by atoms with van der Waals surface area (Å²) in [5.74, 6) is -0.607. The average Bonchev–Trinajstić information content (AvgIpc) is 3.62. The van der Waals surface area contributed by atoms with Gasteiger partial charge in [0.15, 0.2) is 0 Å². The first-order valence-electron chi connectivity index (χ1n) is 17.7. The van der Waals surface area contributed by atoms with Gasteiger partial charge in [-0.1, -0.05) is 140 Å². The molecule has 0 aliphatic carbocycles. The number of fused-ring (bicyclic) bond motifs is 8. The van der Waals surface area contributed by atoms with E-state index in [1.807, 2.05) is 84.9 Å². The summed E-state index contributed by atoms with van der Waals surface area (Å²) >= 11 is 0. The third-order valence-corrected chi connectivity index (χ3v) is 10.4. The van der Waals surface area contributed by atoms with Gasteiger partial charge in [0.1, 0.15) is 11.2 Å². The summed E-state index contributed by atoms with van der Waals surface area (Å²) in [5, 5.41) is 7.97. The number of anilines is 1. The van der Waals surface area contributed by atoms with Crippen molar-refractivity contribution in [1.82, 2.24) is 0 Å². The molecule has 4 heteroatoms. The first kappa shape index (κ1) is 30.8. The fourth-order valence-corrected chi connectivity index (χ4v) is 7.73. The molecule has 0 radical (unpaired) electrons. The summed E-state index contributed by atoms with van der Waals surface area (Å²) in [6, 6.07) is 59.0.